The van der Waals surface area contributed by atoms with E-state index in [1.165, 1.54) is 0 Å². The summed E-state index contributed by atoms with van der Waals surface area (Å²) < 4.78 is 29.6. The molecule has 0 aliphatic rings. The predicted octanol–water partition coefficient (Wildman–Crippen LogP) is 4.91. The Labute approximate surface area is 155 Å². The molecule has 0 fully saturated rings. The van der Waals surface area contributed by atoms with Gasteiger partial charge in [0.05, 0.1) is 21.4 Å². The maximum Gasteiger partial charge on any atom is 0.354 e. The van der Waals surface area contributed by atoms with Gasteiger partial charge in [0, 0.05) is 11.6 Å². The molecule has 4 nitrogen and oxygen atoms in total. The zero-order valence-electron chi connectivity index (χ0n) is 13.6. The first-order chi connectivity index (χ1) is 11.7. The summed E-state index contributed by atoms with van der Waals surface area (Å²) in [5, 5.41) is -0.244. The van der Waals surface area contributed by atoms with Crippen molar-refractivity contribution in [3.05, 3.63) is 61.3 Å². The van der Waals surface area contributed by atoms with Gasteiger partial charge in [-0.3, -0.25) is 9.55 Å². The van der Waals surface area contributed by atoms with Crippen molar-refractivity contribution in [3.8, 4) is 5.69 Å². The summed E-state index contributed by atoms with van der Waals surface area (Å²) in [5.74, 6) is -1.78. The number of hydrogen-bond donors (Lipinski definition) is 0. The van der Waals surface area contributed by atoms with Gasteiger partial charge in [0.1, 0.15) is 11.0 Å². The number of rotatable bonds is 2. The third-order valence-corrected chi connectivity index (χ3v) is 4.91. The summed E-state index contributed by atoms with van der Waals surface area (Å²) in [6.07, 6.45) is 1.62. The zero-order chi connectivity index (χ0) is 18.5. The number of fused-ring (bicyclic) bond motifs is 1. The summed E-state index contributed by atoms with van der Waals surface area (Å²) in [6, 6.07) is 2.76. The molecule has 0 spiro atoms. The lowest BCUT2D eigenvalue weighted by atomic mass is 10.0. The van der Waals surface area contributed by atoms with E-state index >= 15 is 0 Å². The van der Waals surface area contributed by atoms with E-state index in [1.54, 1.807) is 19.2 Å². The molecule has 0 aliphatic heterocycles. The summed E-state index contributed by atoms with van der Waals surface area (Å²) in [5.41, 5.74) is 0.844. The Bertz CT molecular complexity index is 1070. The Kier molecular flexibility index (Phi) is 4.64. The van der Waals surface area contributed by atoms with Crippen LogP contribution < -0.4 is 5.69 Å². The van der Waals surface area contributed by atoms with E-state index < -0.39 is 17.3 Å². The van der Waals surface area contributed by atoms with Crippen molar-refractivity contribution in [2.75, 3.05) is 0 Å². The van der Waals surface area contributed by atoms with Crippen molar-refractivity contribution < 1.29 is 8.78 Å². The lowest BCUT2D eigenvalue weighted by molar-refractivity contribution is 0.576. The van der Waals surface area contributed by atoms with Crippen molar-refractivity contribution in [1.29, 1.82) is 0 Å². The third kappa shape index (κ3) is 2.85. The van der Waals surface area contributed by atoms with Gasteiger partial charge < -0.3 is 0 Å². The fourth-order valence-electron chi connectivity index (χ4n) is 2.74. The van der Waals surface area contributed by atoms with E-state index in [9.17, 15) is 13.6 Å². The molecule has 2 aromatic heterocycles. The molecule has 0 atom stereocenters. The van der Waals surface area contributed by atoms with Crippen LogP contribution in [0.2, 0.25) is 5.15 Å². The van der Waals surface area contributed by atoms with E-state index in [-0.39, 0.29) is 26.4 Å². The Balaban J connectivity index is 2.60. The standard InChI is InChI=1S/C17H13BrClF2N3O/c1-7(2)13-14(8(3)4-5-22-13)24-15-9(16(19)23-17(24)25)6-10(20)11(18)12(15)21/h4-7H,1-3H3. The van der Waals surface area contributed by atoms with Crippen LogP contribution in [0.25, 0.3) is 16.6 Å². The van der Waals surface area contributed by atoms with Gasteiger partial charge in [0.2, 0.25) is 0 Å². The van der Waals surface area contributed by atoms with Gasteiger partial charge in [-0.05, 0) is 46.5 Å². The van der Waals surface area contributed by atoms with Gasteiger partial charge in [0.25, 0.3) is 0 Å². The fraction of sp³-hybridized carbons (Fsp3) is 0.235. The number of nitrogens with zero attached hydrogens (tertiary/aromatic N) is 3. The van der Waals surface area contributed by atoms with Crippen molar-refractivity contribution in [1.82, 2.24) is 14.5 Å². The number of aromatic nitrogens is 3. The van der Waals surface area contributed by atoms with E-state index in [1.807, 2.05) is 13.8 Å². The summed E-state index contributed by atoms with van der Waals surface area (Å²) in [6.45, 7) is 5.60. The van der Waals surface area contributed by atoms with Gasteiger partial charge in [-0.2, -0.15) is 4.98 Å². The molecular formula is C17H13BrClF2N3O. The molecule has 0 bridgehead atoms. The smallest absolute Gasteiger partial charge is 0.259 e. The highest BCUT2D eigenvalue weighted by Gasteiger charge is 2.23. The highest BCUT2D eigenvalue weighted by atomic mass is 79.9. The number of hydrogen-bond acceptors (Lipinski definition) is 3. The van der Waals surface area contributed by atoms with E-state index in [4.69, 9.17) is 11.6 Å². The molecule has 8 heteroatoms. The van der Waals surface area contributed by atoms with Crippen LogP contribution in [0.1, 0.15) is 31.0 Å². The monoisotopic (exact) mass is 427 g/mol. The molecule has 0 aliphatic carbocycles. The van der Waals surface area contributed by atoms with E-state index in [2.05, 4.69) is 25.9 Å². The molecule has 0 N–H and O–H groups in total. The average Bonchev–Trinajstić information content (AvgIpc) is 2.54. The van der Waals surface area contributed by atoms with Crippen LogP contribution in [0, 0.1) is 18.6 Å². The largest absolute Gasteiger partial charge is 0.354 e. The summed E-state index contributed by atoms with van der Waals surface area (Å²) >= 11 is 8.85. The second-order valence-corrected chi connectivity index (χ2v) is 7.07. The number of halogens is 4. The minimum Gasteiger partial charge on any atom is -0.259 e. The van der Waals surface area contributed by atoms with Gasteiger partial charge >= 0.3 is 5.69 Å². The van der Waals surface area contributed by atoms with Gasteiger partial charge in [0.15, 0.2) is 5.82 Å². The van der Waals surface area contributed by atoms with Crippen LogP contribution in [0.4, 0.5) is 8.78 Å². The molecule has 0 saturated heterocycles. The van der Waals surface area contributed by atoms with Crippen LogP contribution in [-0.2, 0) is 0 Å². The lowest BCUT2D eigenvalue weighted by Gasteiger charge is -2.18. The van der Waals surface area contributed by atoms with Crippen molar-refractivity contribution in [3.63, 3.8) is 0 Å². The lowest BCUT2D eigenvalue weighted by Crippen LogP contribution is -2.25. The molecule has 25 heavy (non-hydrogen) atoms. The fourth-order valence-corrected chi connectivity index (χ4v) is 3.26. The van der Waals surface area contributed by atoms with Crippen LogP contribution in [0.15, 0.2) is 27.6 Å². The summed E-state index contributed by atoms with van der Waals surface area (Å²) in [4.78, 5) is 20.6. The first-order valence-electron chi connectivity index (χ1n) is 7.45. The minimum atomic E-state index is -0.922. The van der Waals surface area contributed by atoms with E-state index in [0.29, 0.717) is 16.9 Å². The van der Waals surface area contributed by atoms with Gasteiger partial charge in [-0.25, -0.2) is 13.6 Å². The van der Waals surface area contributed by atoms with Crippen LogP contribution in [-0.4, -0.2) is 14.5 Å². The van der Waals surface area contributed by atoms with Crippen molar-refractivity contribution >= 4 is 38.4 Å². The predicted molar refractivity (Wildman–Crippen MR) is 96.6 cm³/mol. The second kappa shape index (κ2) is 6.46. The Morgan fingerprint density at radius 3 is 2.64 bits per heavy atom. The SMILES string of the molecule is Cc1ccnc(C(C)C)c1-n1c(=O)nc(Cl)c2cc(F)c(Br)c(F)c21. The molecule has 3 aromatic rings. The third-order valence-electron chi connectivity index (χ3n) is 3.89. The second-order valence-electron chi connectivity index (χ2n) is 5.92. The Hall–Kier alpha value is -1.86. The minimum absolute atomic E-state index is 0.0115. The number of aryl methyl sites for hydroxylation is 1. The van der Waals surface area contributed by atoms with Crippen LogP contribution in [0.5, 0.6) is 0 Å². The number of benzene rings is 1. The van der Waals surface area contributed by atoms with Gasteiger partial charge in [-0.15, -0.1) is 0 Å². The topological polar surface area (TPSA) is 47.8 Å². The van der Waals surface area contributed by atoms with Crippen molar-refractivity contribution in [2.24, 2.45) is 0 Å². The molecule has 3 rings (SSSR count). The van der Waals surface area contributed by atoms with E-state index in [0.717, 1.165) is 10.6 Å². The molecule has 130 valence electrons. The quantitative estimate of drug-likeness (QED) is 0.430. The number of pyridine rings is 1. The molecule has 0 saturated carbocycles. The molecule has 2 heterocycles. The maximum absolute atomic E-state index is 14.9. The average molecular weight is 429 g/mol. The molecule has 0 radical (unpaired) electrons. The van der Waals surface area contributed by atoms with Gasteiger partial charge in [-0.1, -0.05) is 25.4 Å². The van der Waals surface area contributed by atoms with Crippen molar-refractivity contribution in [2.45, 2.75) is 26.7 Å². The highest BCUT2D eigenvalue weighted by Crippen LogP contribution is 2.33. The Morgan fingerprint density at radius 1 is 1.32 bits per heavy atom. The van der Waals surface area contributed by atoms with Crippen LogP contribution in [0.3, 0.4) is 0 Å². The van der Waals surface area contributed by atoms with Crippen LogP contribution >= 0.6 is 27.5 Å². The first kappa shape index (κ1) is 17.9. The molecular weight excluding hydrogens is 416 g/mol. The molecule has 1 aromatic carbocycles. The summed E-state index contributed by atoms with van der Waals surface area (Å²) in [7, 11) is 0. The Morgan fingerprint density at radius 2 is 2.00 bits per heavy atom. The molecule has 0 unspecified atom stereocenters. The first-order valence-corrected chi connectivity index (χ1v) is 8.62. The zero-order valence-corrected chi connectivity index (χ0v) is 15.9. The highest BCUT2D eigenvalue weighted by molar-refractivity contribution is 9.10. The molecule has 0 amide bonds. The normalized spacial score (nSPS) is 11.5. The maximum atomic E-state index is 14.9.